The van der Waals surface area contributed by atoms with Gasteiger partial charge in [0.15, 0.2) is 11.5 Å². The van der Waals surface area contributed by atoms with Crippen LogP contribution in [-0.4, -0.2) is 42.8 Å². The molecule has 5 heteroatoms. The van der Waals surface area contributed by atoms with E-state index >= 15 is 0 Å². The quantitative estimate of drug-likeness (QED) is 0.785. The smallest absolute Gasteiger partial charge is 0.307 e. The van der Waals surface area contributed by atoms with Gasteiger partial charge in [-0.05, 0) is 25.5 Å². The van der Waals surface area contributed by atoms with E-state index in [2.05, 4.69) is 11.5 Å². The van der Waals surface area contributed by atoms with Gasteiger partial charge in [0, 0.05) is 18.7 Å². The molecule has 1 heterocycles. The van der Waals surface area contributed by atoms with Gasteiger partial charge in [-0.2, -0.15) is 0 Å². The van der Waals surface area contributed by atoms with Gasteiger partial charge in [0.25, 0.3) is 0 Å². The fourth-order valence-corrected chi connectivity index (χ4v) is 2.79. The maximum Gasteiger partial charge on any atom is 0.307 e. The van der Waals surface area contributed by atoms with Crippen LogP contribution in [0.1, 0.15) is 18.4 Å². The number of piperidine rings is 1. The molecule has 2 rings (SSSR count). The first-order valence-electron chi connectivity index (χ1n) is 7.50. The number of carbonyl (C=O) groups is 1. The van der Waals surface area contributed by atoms with Gasteiger partial charge in [0.05, 0.1) is 13.0 Å². The number of rotatable bonds is 7. The molecule has 1 N–H and O–H groups in total. The first-order chi connectivity index (χ1) is 10.7. The summed E-state index contributed by atoms with van der Waals surface area (Å²) in [6, 6.07) is 5.77. The molecular formula is C17H23NO4. The highest BCUT2D eigenvalue weighted by molar-refractivity contribution is 5.70. The van der Waals surface area contributed by atoms with E-state index in [4.69, 9.17) is 9.47 Å². The fourth-order valence-electron chi connectivity index (χ4n) is 2.79. The number of benzene rings is 1. The van der Waals surface area contributed by atoms with Crippen LogP contribution in [0.5, 0.6) is 11.5 Å². The van der Waals surface area contributed by atoms with E-state index < -0.39 is 5.97 Å². The lowest BCUT2D eigenvalue weighted by molar-refractivity contribution is -0.143. The molecule has 1 atom stereocenters. The molecule has 1 fully saturated rings. The van der Waals surface area contributed by atoms with Gasteiger partial charge >= 0.3 is 5.97 Å². The minimum atomic E-state index is -0.710. The molecule has 0 amide bonds. The second-order valence-electron chi connectivity index (χ2n) is 5.46. The lowest BCUT2D eigenvalue weighted by atomic mass is 9.98. The average Bonchev–Trinajstić information content (AvgIpc) is 2.53. The molecule has 1 aromatic rings. The van der Waals surface area contributed by atoms with Crippen LogP contribution < -0.4 is 9.47 Å². The predicted molar refractivity (Wildman–Crippen MR) is 84.3 cm³/mol. The number of likely N-dealkylation sites (tertiary alicyclic amines) is 1. The van der Waals surface area contributed by atoms with Crippen molar-refractivity contribution in [1.29, 1.82) is 0 Å². The van der Waals surface area contributed by atoms with Crippen molar-refractivity contribution in [3.8, 4) is 11.5 Å². The number of carboxylic acids is 1. The van der Waals surface area contributed by atoms with Gasteiger partial charge in [-0.15, -0.1) is 0 Å². The van der Waals surface area contributed by atoms with E-state index in [0.717, 1.165) is 24.9 Å². The lowest BCUT2D eigenvalue weighted by Crippen LogP contribution is -2.38. The summed E-state index contributed by atoms with van der Waals surface area (Å²) in [6.07, 6.45) is 3.35. The summed E-state index contributed by atoms with van der Waals surface area (Å²) in [6.45, 7) is 6.21. The van der Waals surface area contributed by atoms with Crippen molar-refractivity contribution in [3.63, 3.8) is 0 Å². The topological polar surface area (TPSA) is 59.0 Å². The summed E-state index contributed by atoms with van der Waals surface area (Å²) in [5.41, 5.74) is 1.01. The second kappa shape index (κ2) is 7.84. The molecule has 0 radical (unpaired) electrons. The second-order valence-corrected chi connectivity index (χ2v) is 5.46. The number of methoxy groups -OCH3 is 1. The first kappa shape index (κ1) is 16.4. The third-order valence-electron chi connectivity index (χ3n) is 3.87. The Morgan fingerprint density at radius 2 is 2.36 bits per heavy atom. The van der Waals surface area contributed by atoms with E-state index in [0.29, 0.717) is 31.2 Å². The molecule has 0 bridgehead atoms. The highest BCUT2D eigenvalue weighted by atomic mass is 16.5. The summed E-state index contributed by atoms with van der Waals surface area (Å²) in [7, 11) is 1.61. The summed E-state index contributed by atoms with van der Waals surface area (Å²) in [5.74, 6) is 0.406. The Morgan fingerprint density at radius 3 is 3.05 bits per heavy atom. The van der Waals surface area contributed by atoms with Crippen LogP contribution in [0.2, 0.25) is 0 Å². The molecule has 120 valence electrons. The molecule has 1 aliphatic heterocycles. The number of carboxylic acid groups (broad SMARTS) is 1. The third kappa shape index (κ3) is 4.01. The van der Waals surface area contributed by atoms with Crippen molar-refractivity contribution < 1.29 is 19.4 Å². The number of para-hydroxylation sites is 1. The molecule has 0 spiro atoms. The Kier molecular flexibility index (Phi) is 5.83. The maximum absolute atomic E-state index is 11.2. The Morgan fingerprint density at radius 1 is 1.55 bits per heavy atom. The minimum Gasteiger partial charge on any atom is -0.493 e. The largest absolute Gasteiger partial charge is 0.493 e. The van der Waals surface area contributed by atoms with E-state index in [9.17, 15) is 9.90 Å². The monoisotopic (exact) mass is 305 g/mol. The number of aliphatic carboxylic acids is 1. The van der Waals surface area contributed by atoms with Crippen molar-refractivity contribution in [2.24, 2.45) is 5.92 Å². The molecule has 22 heavy (non-hydrogen) atoms. The van der Waals surface area contributed by atoms with Crippen molar-refractivity contribution in [2.45, 2.75) is 19.4 Å². The Bertz CT molecular complexity index is 529. The van der Waals surface area contributed by atoms with Crippen LogP contribution in [-0.2, 0) is 11.3 Å². The van der Waals surface area contributed by atoms with Crippen LogP contribution >= 0.6 is 0 Å². The Labute approximate surface area is 131 Å². The zero-order chi connectivity index (χ0) is 15.9. The van der Waals surface area contributed by atoms with Gasteiger partial charge in [-0.1, -0.05) is 24.8 Å². The SMILES string of the molecule is C=CCOc1c(CN2CCCC(C(=O)O)C2)cccc1OC. The molecule has 1 aliphatic rings. The van der Waals surface area contributed by atoms with E-state index in [-0.39, 0.29) is 5.92 Å². The summed E-state index contributed by atoms with van der Waals surface area (Å²) in [5, 5.41) is 9.19. The van der Waals surface area contributed by atoms with Crippen LogP contribution in [0.25, 0.3) is 0 Å². The van der Waals surface area contributed by atoms with Gasteiger partial charge in [0.1, 0.15) is 6.61 Å². The number of hydrogen-bond acceptors (Lipinski definition) is 4. The molecule has 0 aromatic heterocycles. The van der Waals surface area contributed by atoms with Gasteiger partial charge in [-0.3, -0.25) is 9.69 Å². The molecule has 0 saturated carbocycles. The summed E-state index contributed by atoms with van der Waals surface area (Å²) >= 11 is 0. The number of nitrogens with zero attached hydrogens (tertiary/aromatic N) is 1. The molecular weight excluding hydrogens is 282 g/mol. The third-order valence-corrected chi connectivity index (χ3v) is 3.87. The predicted octanol–water partition coefficient (Wildman–Crippen LogP) is 2.56. The highest BCUT2D eigenvalue weighted by Crippen LogP contribution is 2.32. The van der Waals surface area contributed by atoms with Crippen LogP contribution in [0.15, 0.2) is 30.9 Å². The van der Waals surface area contributed by atoms with Gasteiger partial charge in [-0.25, -0.2) is 0 Å². The Balaban J connectivity index is 2.14. The van der Waals surface area contributed by atoms with Crippen LogP contribution in [0, 0.1) is 5.92 Å². The van der Waals surface area contributed by atoms with Crippen molar-refractivity contribution in [2.75, 3.05) is 26.8 Å². The van der Waals surface area contributed by atoms with Gasteiger partial charge < -0.3 is 14.6 Å². The first-order valence-corrected chi connectivity index (χ1v) is 7.50. The van der Waals surface area contributed by atoms with E-state index in [1.165, 1.54) is 0 Å². The molecule has 1 unspecified atom stereocenters. The minimum absolute atomic E-state index is 0.281. The van der Waals surface area contributed by atoms with Crippen molar-refractivity contribution >= 4 is 5.97 Å². The van der Waals surface area contributed by atoms with E-state index in [1.807, 2.05) is 18.2 Å². The van der Waals surface area contributed by atoms with Crippen molar-refractivity contribution in [3.05, 3.63) is 36.4 Å². The standard InChI is InChI=1S/C17H23NO4/c1-3-10-22-16-13(6-4-8-15(16)21-2)11-18-9-5-7-14(12-18)17(19)20/h3-4,6,8,14H,1,5,7,9-12H2,2H3,(H,19,20). The average molecular weight is 305 g/mol. The summed E-state index contributed by atoms with van der Waals surface area (Å²) < 4.78 is 11.1. The Hall–Kier alpha value is -2.01. The number of ether oxygens (including phenoxy) is 2. The maximum atomic E-state index is 11.2. The zero-order valence-electron chi connectivity index (χ0n) is 13.0. The fraction of sp³-hybridized carbons (Fsp3) is 0.471. The molecule has 1 aromatic carbocycles. The number of hydrogen-bond donors (Lipinski definition) is 1. The van der Waals surface area contributed by atoms with Crippen molar-refractivity contribution in [1.82, 2.24) is 4.90 Å². The molecule has 5 nitrogen and oxygen atoms in total. The van der Waals surface area contributed by atoms with E-state index in [1.54, 1.807) is 13.2 Å². The highest BCUT2D eigenvalue weighted by Gasteiger charge is 2.26. The van der Waals surface area contributed by atoms with Crippen LogP contribution in [0.4, 0.5) is 0 Å². The zero-order valence-corrected chi connectivity index (χ0v) is 13.0. The lowest BCUT2D eigenvalue weighted by Gasteiger charge is -2.31. The normalized spacial score (nSPS) is 18.7. The van der Waals surface area contributed by atoms with Crippen LogP contribution in [0.3, 0.4) is 0 Å². The summed E-state index contributed by atoms with van der Waals surface area (Å²) in [4.78, 5) is 13.3. The van der Waals surface area contributed by atoms with Gasteiger partial charge in [0.2, 0.25) is 0 Å². The molecule has 1 saturated heterocycles. The molecule has 0 aliphatic carbocycles.